The van der Waals surface area contributed by atoms with Crippen molar-refractivity contribution in [3.05, 3.63) is 113 Å². The lowest BCUT2D eigenvalue weighted by atomic mass is 9.77. The fraction of sp³-hybridized carbons (Fsp3) is 0.471. The zero-order chi connectivity index (χ0) is 39.3. The summed E-state index contributed by atoms with van der Waals surface area (Å²) < 4.78 is 9.47. The van der Waals surface area contributed by atoms with Crippen molar-refractivity contribution < 1.29 is 8.98 Å². The first-order valence-corrected chi connectivity index (χ1v) is 25.3. The molecule has 0 amide bonds. The SMILES string of the molecule is C=C1CC2C(CCc3ccc4c(oc5nc(C(C)C)ccc54)c3C(/C=C\CCCC3CCC(C)CC3)=N\1)c1ccccc1-c1cc(C(C)C)c([Si](C)(C)C)c[n+]12. The Kier molecular flexibility index (Phi) is 10.9. The van der Waals surface area contributed by atoms with Gasteiger partial charge in [0.1, 0.15) is 5.58 Å². The summed E-state index contributed by atoms with van der Waals surface area (Å²) in [6.45, 7) is 23.7. The Labute approximate surface area is 337 Å². The first-order valence-electron chi connectivity index (χ1n) is 21.8. The third kappa shape index (κ3) is 7.53. The predicted octanol–water partition coefficient (Wildman–Crippen LogP) is 13.3. The van der Waals surface area contributed by atoms with Gasteiger partial charge in [0.05, 0.1) is 20.2 Å². The Morgan fingerprint density at radius 2 is 1.70 bits per heavy atom. The number of aliphatic imine (C=N–C) groups is 1. The predicted molar refractivity (Wildman–Crippen MR) is 239 cm³/mol. The number of aryl methyl sites for hydroxylation is 1. The molecular formula is C51H64N3OSi+. The lowest BCUT2D eigenvalue weighted by Gasteiger charge is -2.33. The Balaban J connectivity index is 1.24. The number of aromatic nitrogens is 2. The van der Waals surface area contributed by atoms with Gasteiger partial charge < -0.3 is 4.42 Å². The molecule has 1 aliphatic carbocycles. The van der Waals surface area contributed by atoms with Gasteiger partial charge in [0.15, 0.2) is 12.2 Å². The monoisotopic (exact) mass is 762 g/mol. The van der Waals surface area contributed by atoms with Crippen LogP contribution >= 0.6 is 0 Å². The number of allylic oxidation sites excluding steroid dienone is 3. The van der Waals surface area contributed by atoms with Gasteiger partial charge in [-0.2, -0.15) is 4.57 Å². The number of hydrogen-bond donors (Lipinski definition) is 0. The normalized spacial score (nSPS) is 22.6. The van der Waals surface area contributed by atoms with Crippen molar-refractivity contribution in [2.24, 2.45) is 16.8 Å². The van der Waals surface area contributed by atoms with Crippen molar-refractivity contribution >= 4 is 41.0 Å². The largest absolute Gasteiger partial charge is 0.437 e. The molecule has 2 aromatic carbocycles. The molecule has 5 heteroatoms. The van der Waals surface area contributed by atoms with Gasteiger partial charge in [-0.1, -0.05) is 129 Å². The van der Waals surface area contributed by atoms with E-state index in [1.54, 1.807) is 5.19 Å². The summed E-state index contributed by atoms with van der Waals surface area (Å²) in [5.74, 6) is 2.91. The molecule has 292 valence electrons. The van der Waals surface area contributed by atoms with Gasteiger partial charge in [0, 0.05) is 50.5 Å². The maximum absolute atomic E-state index is 6.82. The Morgan fingerprint density at radius 3 is 2.45 bits per heavy atom. The van der Waals surface area contributed by atoms with Crippen LogP contribution in [-0.4, -0.2) is 18.8 Å². The van der Waals surface area contributed by atoms with Crippen molar-refractivity contribution in [1.29, 1.82) is 0 Å². The number of benzene rings is 2. The van der Waals surface area contributed by atoms with Gasteiger partial charge in [-0.3, -0.25) is 4.99 Å². The summed E-state index contributed by atoms with van der Waals surface area (Å²) in [5.41, 5.74) is 12.7. The molecule has 2 aliphatic heterocycles. The van der Waals surface area contributed by atoms with Crippen molar-refractivity contribution in [2.45, 2.75) is 142 Å². The molecule has 0 saturated heterocycles. The lowest BCUT2D eigenvalue weighted by molar-refractivity contribution is -0.717. The van der Waals surface area contributed by atoms with Crippen molar-refractivity contribution in [2.75, 3.05) is 0 Å². The smallest absolute Gasteiger partial charge is 0.227 e. The molecule has 1 fully saturated rings. The molecule has 56 heavy (non-hydrogen) atoms. The minimum Gasteiger partial charge on any atom is -0.437 e. The van der Waals surface area contributed by atoms with Gasteiger partial charge in [-0.15, -0.1) is 0 Å². The molecule has 0 spiro atoms. The Bertz CT molecular complexity index is 2330. The minimum absolute atomic E-state index is 0.228. The number of unbranched alkanes of at least 4 members (excludes halogenated alkanes) is 1. The average molecular weight is 763 g/mol. The third-order valence-electron chi connectivity index (χ3n) is 13.3. The molecule has 4 nitrogen and oxygen atoms in total. The number of rotatable bonds is 8. The molecule has 3 aromatic heterocycles. The van der Waals surface area contributed by atoms with E-state index in [1.165, 1.54) is 66.5 Å². The minimum atomic E-state index is -1.65. The van der Waals surface area contributed by atoms with Gasteiger partial charge >= 0.3 is 0 Å². The number of nitrogens with zero attached hydrogens (tertiary/aromatic N) is 3. The molecule has 1 saturated carbocycles. The summed E-state index contributed by atoms with van der Waals surface area (Å²) >= 11 is 0. The topological polar surface area (TPSA) is 42.3 Å². The second-order valence-corrected chi connectivity index (χ2v) is 24.2. The van der Waals surface area contributed by atoms with E-state index in [4.69, 9.17) is 21.0 Å². The van der Waals surface area contributed by atoms with Gasteiger partial charge in [0.25, 0.3) is 0 Å². The molecule has 0 bridgehead atoms. The number of fused-ring (bicyclic) bond motifs is 11. The van der Waals surface area contributed by atoms with E-state index in [2.05, 4.69) is 132 Å². The van der Waals surface area contributed by atoms with E-state index in [1.807, 2.05) is 0 Å². The molecule has 2 unspecified atom stereocenters. The van der Waals surface area contributed by atoms with E-state index >= 15 is 0 Å². The van der Waals surface area contributed by atoms with Crippen LogP contribution in [0.5, 0.6) is 0 Å². The highest BCUT2D eigenvalue weighted by atomic mass is 28.3. The van der Waals surface area contributed by atoms with Crippen LogP contribution in [0.2, 0.25) is 19.6 Å². The first-order chi connectivity index (χ1) is 26.9. The number of pyridine rings is 2. The summed E-state index contributed by atoms with van der Waals surface area (Å²) in [5, 5.41) is 3.75. The second kappa shape index (κ2) is 15.7. The van der Waals surface area contributed by atoms with Gasteiger partial charge in [0.2, 0.25) is 11.4 Å². The van der Waals surface area contributed by atoms with E-state index in [0.717, 1.165) is 76.5 Å². The van der Waals surface area contributed by atoms with Crippen molar-refractivity contribution in [1.82, 2.24) is 4.98 Å². The quantitative estimate of drug-likeness (QED) is 0.0897. The molecule has 2 atom stereocenters. The third-order valence-corrected chi connectivity index (χ3v) is 15.4. The summed E-state index contributed by atoms with van der Waals surface area (Å²) in [6.07, 6.45) is 19.2. The van der Waals surface area contributed by atoms with E-state index in [9.17, 15) is 0 Å². The van der Waals surface area contributed by atoms with Crippen LogP contribution in [0.25, 0.3) is 33.3 Å². The van der Waals surface area contributed by atoms with Crippen molar-refractivity contribution in [3.63, 3.8) is 0 Å². The van der Waals surface area contributed by atoms with Gasteiger partial charge in [-0.25, -0.2) is 4.98 Å². The number of hydrogen-bond acceptors (Lipinski definition) is 3. The van der Waals surface area contributed by atoms with Crippen LogP contribution in [0.4, 0.5) is 0 Å². The molecule has 3 aliphatic rings. The number of furan rings is 1. The van der Waals surface area contributed by atoms with Crippen LogP contribution in [0.1, 0.15) is 144 Å². The maximum Gasteiger partial charge on any atom is 0.227 e. The molecule has 0 N–H and O–H groups in total. The van der Waals surface area contributed by atoms with Crippen LogP contribution < -0.4 is 9.75 Å². The van der Waals surface area contributed by atoms with E-state index in [0.29, 0.717) is 23.5 Å². The summed E-state index contributed by atoms with van der Waals surface area (Å²) in [6, 6.07) is 20.9. The average Bonchev–Trinajstić information content (AvgIpc) is 3.54. The first kappa shape index (κ1) is 38.8. The summed E-state index contributed by atoms with van der Waals surface area (Å²) in [7, 11) is -1.65. The highest BCUT2D eigenvalue weighted by molar-refractivity contribution is 6.89. The zero-order valence-electron chi connectivity index (χ0n) is 35.4. The lowest BCUT2D eigenvalue weighted by Crippen LogP contribution is -2.54. The maximum atomic E-state index is 6.82. The highest BCUT2D eigenvalue weighted by Gasteiger charge is 2.42. The zero-order valence-corrected chi connectivity index (χ0v) is 36.4. The van der Waals surface area contributed by atoms with Gasteiger partial charge in [-0.05, 0) is 90.3 Å². The highest BCUT2D eigenvalue weighted by Crippen LogP contribution is 2.45. The second-order valence-electron chi connectivity index (χ2n) is 19.2. The molecular weight excluding hydrogens is 699 g/mol. The molecule has 5 aromatic rings. The Morgan fingerprint density at radius 1 is 0.929 bits per heavy atom. The molecule has 0 radical (unpaired) electrons. The van der Waals surface area contributed by atoms with E-state index < -0.39 is 8.07 Å². The molecule has 8 rings (SSSR count). The standard InChI is InChI=1S/C51H64N3OSi/c1-32(2)43-30-47-39-17-14-13-16-38(39)40-25-23-37-24-26-41-42-27-28-44(33(3)4)53-51(42)55-50(41)49(37)45(18-12-10-11-15-36-21-19-34(5)20-22-36)52-35(6)29-46(40)54(47)31-48(43)56(7,8)9/h12-14,16-18,24,26-28,30-34,36,40,46H,6,10-11,15,19-23,25,29H2,1-5,7-9H3/q+1/b18-12-,52-45-. The Hall–Kier alpha value is -4.09. The fourth-order valence-electron chi connectivity index (χ4n) is 10.1. The van der Waals surface area contributed by atoms with Crippen molar-refractivity contribution in [3.8, 4) is 11.3 Å². The van der Waals surface area contributed by atoms with Crippen LogP contribution in [0.3, 0.4) is 0 Å². The van der Waals surface area contributed by atoms with E-state index in [-0.39, 0.29) is 6.04 Å². The fourth-order valence-corrected chi connectivity index (χ4v) is 11.8. The molecule has 5 heterocycles. The van der Waals surface area contributed by atoms with Crippen LogP contribution in [-0.2, 0) is 6.42 Å². The summed E-state index contributed by atoms with van der Waals surface area (Å²) in [4.78, 5) is 10.5. The van der Waals surface area contributed by atoms with Crippen LogP contribution in [0.15, 0.2) is 94.6 Å². The van der Waals surface area contributed by atoms with Crippen LogP contribution in [0, 0.1) is 11.8 Å².